The van der Waals surface area contributed by atoms with Gasteiger partial charge in [0, 0.05) is 23.4 Å². The molecule has 0 bridgehead atoms. The lowest BCUT2D eigenvalue weighted by atomic mass is 10.2. The Morgan fingerprint density at radius 1 is 1.29 bits per heavy atom. The number of carbonyl (C=O) groups excluding carboxylic acids is 1. The largest absolute Gasteiger partial charge is 0.352 e. The summed E-state index contributed by atoms with van der Waals surface area (Å²) < 4.78 is 14.5. The number of nitrogens with zero attached hydrogens (tertiary/aromatic N) is 2. The predicted octanol–water partition coefficient (Wildman–Crippen LogP) is 2.42. The van der Waals surface area contributed by atoms with Gasteiger partial charge >= 0.3 is 0 Å². The minimum atomic E-state index is -0.362. The maximum atomic E-state index is 13.1. The maximum absolute atomic E-state index is 13.1. The molecule has 1 aromatic heterocycles. The summed E-state index contributed by atoms with van der Waals surface area (Å²) >= 11 is 0. The number of nitrogens with one attached hydrogen (secondary N) is 1. The molecule has 1 heterocycles. The Morgan fingerprint density at radius 3 is 2.62 bits per heavy atom. The van der Waals surface area contributed by atoms with Gasteiger partial charge in [0.05, 0.1) is 0 Å². The van der Waals surface area contributed by atoms with Crippen molar-refractivity contribution in [3.63, 3.8) is 0 Å². The van der Waals surface area contributed by atoms with Crippen molar-refractivity contribution in [3.8, 4) is 11.4 Å². The van der Waals surface area contributed by atoms with E-state index in [4.69, 9.17) is 0 Å². The third kappa shape index (κ3) is 3.69. The van der Waals surface area contributed by atoms with Gasteiger partial charge in [0.25, 0.3) is 5.56 Å². The first kappa shape index (κ1) is 16.4. The molecule has 0 unspecified atom stereocenters. The van der Waals surface area contributed by atoms with Crippen LogP contribution in [0.25, 0.3) is 11.4 Å². The highest BCUT2D eigenvalue weighted by Crippen LogP contribution is 2.19. The number of amides is 1. The summed E-state index contributed by atoms with van der Waals surface area (Å²) in [4.78, 5) is 29.0. The molecule has 24 heavy (non-hydrogen) atoms. The van der Waals surface area contributed by atoms with Crippen LogP contribution in [0.15, 0.2) is 35.1 Å². The van der Waals surface area contributed by atoms with Crippen molar-refractivity contribution in [2.45, 2.75) is 45.2 Å². The van der Waals surface area contributed by atoms with Crippen LogP contribution in [0.3, 0.4) is 0 Å². The molecule has 1 amide bonds. The average Bonchev–Trinajstić information content (AvgIpc) is 3.03. The van der Waals surface area contributed by atoms with Crippen LogP contribution >= 0.6 is 0 Å². The number of hydrogen-bond acceptors (Lipinski definition) is 3. The van der Waals surface area contributed by atoms with Crippen molar-refractivity contribution >= 4 is 5.91 Å². The van der Waals surface area contributed by atoms with Gasteiger partial charge in [-0.1, -0.05) is 12.8 Å². The Kier molecular flexibility index (Phi) is 4.74. The van der Waals surface area contributed by atoms with E-state index in [1.54, 1.807) is 19.1 Å². The van der Waals surface area contributed by atoms with Crippen LogP contribution in [-0.4, -0.2) is 21.5 Å². The van der Waals surface area contributed by atoms with Crippen LogP contribution in [0.2, 0.25) is 0 Å². The van der Waals surface area contributed by atoms with E-state index in [2.05, 4.69) is 10.3 Å². The molecule has 0 radical (unpaired) electrons. The number of carbonyl (C=O) groups is 1. The fourth-order valence-electron chi connectivity index (χ4n) is 3.08. The number of hydrogen-bond donors (Lipinski definition) is 1. The SMILES string of the molecule is Cc1cc(=O)n(CC(=O)NC2CCCC2)c(-c2ccc(F)cc2)n1. The Hall–Kier alpha value is -2.50. The molecule has 0 atom stereocenters. The summed E-state index contributed by atoms with van der Waals surface area (Å²) in [5.41, 5.74) is 0.876. The molecule has 2 aromatic rings. The average molecular weight is 329 g/mol. The lowest BCUT2D eigenvalue weighted by molar-refractivity contribution is -0.122. The number of aromatic nitrogens is 2. The van der Waals surface area contributed by atoms with Crippen molar-refractivity contribution < 1.29 is 9.18 Å². The molecule has 126 valence electrons. The molecule has 1 fully saturated rings. The van der Waals surface area contributed by atoms with E-state index in [0.717, 1.165) is 25.7 Å². The minimum absolute atomic E-state index is 0.0880. The van der Waals surface area contributed by atoms with Gasteiger partial charge in [-0.15, -0.1) is 0 Å². The standard InChI is InChI=1S/C18H20FN3O2/c1-12-10-17(24)22(11-16(23)21-15-4-2-3-5-15)18(20-12)13-6-8-14(19)9-7-13/h6-10,15H,2-5,11H2,1H3,(H,21,23). The van der Waals surface area contributed by atoms with Gasteiger partial charge in [-0.2, -0.15) is 0 Å². The summed E-state index contributed by atoms with van der Waals surface area (Å²) in [6.07, 6.45) is 4.21. The van der Waals surface area contributed by atoms with E-state index in [1.807, 2.05) is 0 Å². The molecular weight excluding hydrogens is 309 g/mol. The van der Waals surface area contributed by atoms with Gasteiger partial charge in [0.2, 0.25) is 5.91 Å². The second-order valence-corrected chi connectivity index (χ2v) is 6.20. The summed E-state index contributed by atoms with van der Waals surface area (Å²) in [6, 6.07) is 7.33. The van der Waals surface area contributed by atoms with Crippen molar-refractivity contribution in [2.24, 2.45) is 0 Å². The summed E-state index contributed by atoms with van der Waals surface area (Å²) in [5.74, 6) is -0.182. The van der Waals surface area contributed by atoms with E-state index < -0.39 is 0 Å². The molecule has 0 aliphatic heterocycles. The van der Waals surface area contributed by atoms with Crippen molar-refractivity contribution in [3.05, 3.63) is 52.2 Å². The molecule has 5 nitrogen and oxygen atoms in total. The first-order chi connectivity index (χ1) is 11.5. The fourth-order valence-corrected chi connectivity index (χ4v) is 3.08. The highest BCUT2D eigenvalue weighted by Gasteiger charge is 2.19. The van der Waals surface area contributed by atoms with Crippen molar-refractivity contribution in [1.82, 2.24) is 14.9 Å². The van der Waals surface area contributed by atoms with Gasteiger partial charge in [-0.05, 0) is 44.0 Å². The third-order valence-electron chi connectivity index (χ3n) is 4.26. The summed E-state index contributed by atoms with van der Waals surface area (Å²) in [6.45, 7) is 1.63. The molecule has 1 aromatic carbocycles. The first-order valence-corrected chi connectivity index (χ1v) is 8.17. The molecule has 6 heteroatoms. The predicted molar refractivity (Wildman–Crippen MR) is 89.0 cm³/mol. The zero-order valence-electron chi connectivity index (χ0n) is 13.6. The first-order valence-electron chi connectivity index (χ1n) is 8.17. The molecule has 1 saturated carbocycles. The van der Waals surface area contributed by atoms with Gasteiger partial charge in [-0.3, -0.25) is 14.2 Å². The van der Waals surface area contributed by atoms with E-state index in [1.165, 1.54) is 22.8 Å². The smallest absolute Gasteiger partial charge is 0.254 e. The maximum Gasteiger partial charge on any atom is 0.254 e. The van der Waals surface area contributed by atoms with Crippen LogP contribution < -0.4 is 10.9 Å². The van der Waals surface area contributed by atoms with Crippen LogP contribution in [0.1, 0.15) is 31.4 Å². The Labute approximate surface area is 139 Å². The van der Waals surface area contributed by atoms with Crippen molar-refractivity contribution in [1.29, 1.82) is 0 Å². The Bertz CT molecular complexity index is 793. The number of halogens is 1. The highest BCUT2D eigenvalue weighted by molar-refractivity contribution is 5.76. The summed E-state index contributed by atoms with van der Waals surface area (Å²) in [5, 5.41) is 2.97. The summed E-state index contributed by atoms with van der Waals surface area (Å²) in [7, 11) is 0. The Morgan fingerprint density at radius 2 is 1.96 bits per heavy atom. The Balaban J connectivity index is 1.89. The van der Waals surface area contributed by atoms with Crippen LogP contribution in [0.4, 0.5) is 4.39 Å². The lowest BCUT2D eigenvalue weighted by Gasteiger charge is -2.15. The van der Waals surface area contributed by atoms with Gasteiger partial charge in [-0.25, -0.2) is 9.37 Å². The number of aryl methyl sites for hydroxylation is 1. The van der Waals surface area contributed by atoms with Crippen LogP contribution in [-0.2, 0) is 11.3 Å². The van der Waals surface area contributed by atoms with E-state index in [-0.39, 0.29) is 29.9 Å². The monoisotopic (exact) mass is 329 g/mol. The number of benzene rings is 1. The van der Waals surface area contributed by atoms with Gasteiger partial charge in [0.1, 0.15) is 18.2 Å². The topological polar surface area (TPSA) is 64.0 Å². The minimum Gasteiger partial charge on any atom is -0.352 e. The van der Waals surface area contributed by atoms with E-state index in [0.29, 0.717) is 17.1 Å². The number of rotatable bonds is 4. The van der Waals surface area contributed by atoms with Gasteiger partial charge < -0.3 is 5.32 Å². The molecule has 1 N–H and O–H groups in total. The second-order valence-electron chi connectivity index (χ2n) is 6.20. The molecule has 1 aliphatic carbocycles. The fraction of sp³-hybridized carbons (Fsp3) is 0.389. The highest BCUT2D eigenvalue weighted by atomic mass is 19.1. The molecule has 0 spiro atoms. The molecule has 1 aliphatic rings. The second kappa shape index (κ2) is 6.95. The van der Waals surface area contributed by atoms with E-state index in [9.17, 15) is 14.0 Å². The van der Waals surface area contributed by atoms with Crippen LogP contribution in [0, 0.1) is 12.7 Å². The molecule has 0 saturated heterocycles. The quantitative estimate of drug-likeness (QED) is 0.937. The zero-order chi connectivity index (χ0) is 17.1. The van der Waals surface area contributed by atoms with Gasteiger partial charge in [0.15, 0.2) is 0 Å². The third-order valence-corrected chi connectivity index (χ3v) is 4.26. The normalized spacial score (nSPS) is 14.8. The van der Waals surface area contributed by atoms with Crippen LogP contribution in [0.5, 0.6) is 0 Å². The molecule has 3 rings (SSSR count). The lowest BCUT2D eigenvalue weighted by Crippen LogP contribution is -2.38. The van der Waals surface area contributed by atoms with Crippen molar-refractivity contribution in [2.75, 3.05) is 0 Å². The molecular formula is C18H20FN3O2. The van der Waals surface area contributed by atoms with E-state index >= 15 is 0 Å². The zero-order valence-corrected chi connectivity index (χ0v) is 13.6.